The summed E-state index contributed by atoms with van der Waals surface area (Å²) < 4.78 is 41.2. The van der Waals surface area contributed by atoms with Crippen LogP contribution in [0.1, 0.15) is 11.1 Å². The van der Waals surface area contributed by atoms with Gasteiger partial charge < -0.3 is 9.80 Å². The van der Waals surface area contributed by atoms with Crippen LogP contribution in [0.3, 0.4) is 0 Å². The lowest BCUT2D eigenvalue weighted by atomic mass is 9.94. The van der Waals surface area contributed by atoms with Gasteiger partial charge in [-0.25, -0.2) is 4.98 Å². The predicted molar refractivity (Wildman–Crippen MR) is 121 cm³/mol. The van der Waals surface area contributed by atoms with E-state index in [1.54, 1.807) is 31.3 Å². The van der Waals surface area contributed by atoms with Crippen molar-refractivity contribution in [3.05, 3.63) is 102 Å². The van der Waals surface area contributed by atoms with Crippen LogP contribution in [0.5, 0.6) is 0 Å². The Kier molecular flexibility index (Phi) is 4.85. The molecule has 5 rings (SSSR count). The van der Waals surface area contributed by atoms with Crippen molar-refractivity contribution >= 4 is 22.9 Å². The molecule has 0 amide bonds. The van der Waals surface area contributed by atoms with Gasteiger partial charge in [0.05, 0.1) is 11.3 Å². The van der Waals surface area contributed by atoms with Crippen molar-refractivity contribution in [3.8, 4) is 11.1 Å². The number of para-hydroxylation sites is 1. The van der Waals surface area contributed by atoms with Crippen molar-refractivity contribution in [1.29, 1.82) is 0 Å². The summed E-state index contributed by atoms with van der Waals surface area (Å²) in [5.74, 6) is 0.773. The van der Waals surface area contributed by atoms with E-state index < -0.39 is 11.7 Å². The topological polar surface area (TPSA) is 19.4 Å². The van der Waals surface area contributed by atoms with Crippen LogP contribution in [0, 0.1) is 6.92 Å². The first-order valence-corrected chi connectivity index (χ1v) is 10.3. The Bertz CT molecular complexity index is 1270. The molecule has 1 aliphatic rings. The summed E-state index contributed by atoms with van der Waals surface area (Å²) in [5, 5.41) is 0. The number of rotatable bonds is 3. The standard InChI is InChI=1S/C26H20F3N3/c1-18-8-5-13-22(26(27,28)29)24(18)19-9-6-12-21(16-19)32-17-31(20-10-3-2-4-11-20)23-14-7-15-30-25(23)32/h2-16H,17H2,1H3. The second-order valence-electron chi connectivity index (χ2n) is 7.72. The second-order valence-corrected chi connectivity index (χ2v) is 7.72. The molecular formula is C26H20F3N3. The molecule has 2 heterocycles. The number of pyridine rings is 1. The lowest BCUT2D eigenvalue weighted by molar-refractivity contribution is -0.137. The minimum atomic E-state index is -4.43. The summed E-state index contributed by atoms with van der Waals surface area (Å²) in [4.78, 5) is 8.74. The van der Waals surface area contributed by atoms with Gasteiger partial charge in [0.15, 0.2) is 5.82 Å². The predicted octanol–water partition coefficient (Wildman–Crippen LogP) is 7.32. The number of fused-ring (bicyclic) bond motifs is 1. The highest BCUT2D eigenvalue weighted by molar-refractivity contribution is 5.85. The minimum absolute atomic E-state index is 0.210. The van der Waals surface area contributed by atoms with Gasteiger partial charge in [-0.3, -0.25) is 0 Å². The number of nitrogens with zero attached hydrogens (tertiary/aromatic N) is 3. The van der Waals surface area contributed by atoms with Gasteiger partial charge in [0.2, 0.25) is 0 Å². The lowest BCUT2D eigenvalue weighted by Crippen LogP contribution is -2.24. The zero-order valence-electron chi connectivity index (χ0n) is 17.3. The van der Waals surface area contributed by atoms with E-state index in [0.717, 1.165) is 28.9 Å². The number of hydrogen-bond acceptors (Lipinski definition) is 3. The Morgan fingerprint density at radius 3 is 2.31 bits per heavy atom. The van der Waals surface area contributed by atoms with Crippen LogP contribution >= 0.6 is 0 Å². The number of aromatic nitrogens is 1. The molecule has 1 aromatic heterocycles. The van der Waals surface area contributed by atoms with Crippen LogP contribution in [0.25, 0.3) is 11.1 Å². The molecule has 0 spiro atoms. The summed E-state index contributed by atoms with van der Waals surface area (Å²) in [6, 6.07) is 25.4. The molecule has 6 heteroatoms. The number of anilines is 4. The largest absolute Gasteiger partial charge is 0.417 e. The van der Waals surface area contributed by atoms with E-state index in [1.165, 1.54) is 6.07 Å². The minimum Gasteiger partial charge on any atom is -0.320 e. The second kappa shape index (κ2) is 7.71. The number of alkyl halides is 3. The zero-order chi connectivity index (χ0) is 22.3. The van der Waals surface area contributed by atoms with Crippen molar-refractivity contribution in [1.82, 2.24) is 4.98 Å². The highest BCUT2D eigenvalue weighted by atomic mass is 19.4. The third-order valence-corrected chi connectivity index (χ3v) is 5.69. The molecule has 32 heavy (non-hydrogen) atoms. The zero-order valence-corrected chi connectivity index (χ0v) is 17.3. The van der Waals surface area contributed by atoms with Gasteiger partial charge in [-0.15, -0.1) is 0 Å². The molecular weight excluding hydrogens is 411 g/mol. The smallest absolute Gasteiger partial charge is 0.320 e. The third-order valence-electron chi connectivity index (χ3n) is 5.69. The van der Waals surface area contributed by atoms with Gasteiger partial charge in [-0.1, -0.05) is 42.5 Å². The van der Waals surface area contributed by atoms with Crippen LogP contribution in [-0.4, -0.2) is 11.7 Å². The van der Waals surface area contributed by atoms with E-state index in [4.69, 9.17) is 0 Å². The molecule has 0 fully saturated rings. The summed E-state index contributed by atoms with van der Waals surface area (Å²) in [5.41, 5.74) is 3.47. The first-order valence-electron chi connectivity index (χ1n) is 10.3. The van der Waals surface area contributed by atoms with Crippen LogP contribution in [0.4, 0.5) is 36.1 Å². The maximum atomic E-state index is 13.7. The highest BCUT2D eigenvalue weighted by Crippen LogP contribution is 2.44. The van der Waals surface area contributed by atoms with E-state index in [-0.39, 0.29) is 5.56 Å². The number of hydrogen-bond donors (Lipinski definition) is 0. The Balaban J connectivity index is 1.60. The van der Waals surface area contributed by atoms with E-state index in [1.807, 2.05) is 59.5 Å². The molecule has 0 bridgehead atoms. The summed E-state index contributed by atoms with van der Waals surface area (Å²) in [6.07, 6.45) is -2.70. The molecule has 3 nitrogen and oxygen atoms in total. The van der Waals surface area contributed by atoms with E-state index in [2.05, 4.69) is 9.88 Å². The van der Waals surface area contributed by atoms with Gasteiger partial charge in [0.1, 0.15) is 6.67 Å². The number of benzene rings is 3. The molecule has 1 aliphatic heterocycles. The van der Waals surface area contributed by atoms with Crippen LogP contribution in [0.15, 0.2) is 91.1 Å². The molecule has 3 aromatic carbocycles. The number of halogens is 3. The molecule has 0 N–H and O–H groups in total. The molecule has 0 radical (unpaired) electrons. The van der Waals surface area contributed by atoms with Gasteiger partial charge >= 0.3 is 6.18 Å². The quantitative estimate of drug-likeness (QED) is 0.339. The van der Waals surface area contributed by atoms with Gasteiger partial charge in [-0.05, 0) is 66.1 Å². The fourth-order valence-electron chi connectivity index (χ4n) is 4.24. The average molecular weight is 431 g/mol. The normalized spacial score (nSPS) is 13.4. The highest BCUT2D eigenvalue weighted by Gasteiger charge is 2.34. The molecule has 160 valence electrons. The summed E-state index contributed by atoms with van der Waals surface area (Å²) >= 11 is 0. The first-order chi connectivity index (χ1) is 15.4. The first kappa shape index (κ1) is 20.1. The Hall–Kier alpha value is -3.80. The molecule has 0 saturated carbocycles. The van der Waals surface area contributed by atoms with Crippen LogP contribution in [0.2, 0.25) is 0 Å². The average Bonchev–Trinajstić information content (AvgIpc) is 3.19. The van der Waals surface area contributed by atoms with Crippen molar-refractivity contribution in [2.75, 3.05) is 16.5 Å². The Morgan fingerprint density at radius 1 is 0.781 bits per heavy atom. The monoisotopic (exact) mass is 431 g/mol. The molecule has 4 aromatic rings. The van der Waals surface area contributed by atoms with E-state index in [0.29, 0.717) is 17.8 Å². The fraction of sp³-hybridized carbons (Fsp3) is 0.115. The maximum Gasteiger partial charge on any atom is 0.417 e. The lowest BCUT2D eigenvalue weighted by Gasteiger charge is -2.22. The van der Waals surface area contributed by atoms with Crippen LogP contribution < -0.4 is 9.80 Å². The molecule has 0 unspecified atom stereocenters. The van der Waals surface area contributed by atoms with E-state index >= 15 is 0 Å². The van der Waals surface area contributed by atoms with E-state index in [9.17, 15) is 13.2 Å². The third kappa shape index (κ3) is 3.47. The van der Waals surface area contributed by atoms with Crippen molar-refractivity contribution < 1.29 is 13.2 Å². The molecule has 0 saturated heterocycles. The molecule has 0 aliphatic carbocycles. The van der Waals surface area contributed by atoms with Gasteiger partial charge in [0.25, 0.3) is 0 Å². The number of aryl methyl sites for hydroxylation is 1. The van der Waals surface area contributed by atoms with Crippen molar-refractivity contribution in [2.45, 2.75) is 13.1 Å². The van der Waals surface area contributed by atoms with Crippen molar-refractivity contribution in [2.24, 2.45) is 0 Å². The summed E-state index contributed by atoms with van der Waals surface area (Å²) in [6.45, 7) is 2.22. The SMILES string of the molecule is Cc1cccc(C(F)(F)F)c1-c1cccc(N2CN(c3ccccc3)c3cccnc32)c1. The Labute approximate surface area is 184 Å². The van der Waals surface area contributed by atoms with Gasteiger partial charge in [-0.2, -0.15) is 13.2 Å². The van der Waals surface area contributed by atoms with Crippen LogP contribution in [-0.2, 0) is 6.18 Å². The molecule has 0 atom stereocenters. The maximum absolute atomic E-state index is 13.7. The summed E-state index contributed by atoms with van der Waals surface area (Å²) in [7, 11) is 0. The Morgan fingerprint density at radius 2 is 1.53 bits per heavy atom. The van der Waals surface area contributed by atoms with Gasteiger partial charge in [0, 0.05) is 17.6 Å². The fourth-order valence-corrected chi connectivity index (χ4v) is 4.24. The van der Waals surface area contributed by atoms with Crippen molar-refractivity contribution in [3.63, 3.8) is 0 Å².